The second kappa shape index (κ2) is 4.37. The average molecular weight is 113 g/mol. The van der Waals surface area contributed by atoms with Gasteiger partial charge in [-0.05, 0) is 6.42 Å². The van der Waals surface area contributed by atoms with E-state index in [2.05, 4.69) is 6.58 Å². The van der Waals surface area contributed by atoms with Crippen molar-refractivity contribution in [3.05, 3.63) is 12.7 Å². The van der Waals surface area contributed by atoms with Gasteiger partial charge in [-0.25, -0.2) is 0 Å². The second-order valence-corrected chi connectivity index (χ2v) is 1.66. The molecule has 2 heteroatoms. The fraction of sp³-hybridized carbons (Fsp3) is 0.500. The monoisotopic (exact) mass is 113 g/mol. The van der Waals surface area contributed by atoms with E-state index in [0.717, 1.165) is 19.4 Å². The first kappa shape index (κ1) is 7.21. The minimum atomic E-state index is 0.771. The predicted octanol–water partition coefficient (Wildman–Crippen LogP) is 0.651. The first-order valence-electron chi connectivity index (χ1n) is 2.57. The fourth-order valence-corrected chi connectivity index (χ4v) is 0.348. The smallest absolute Gasteiger partial charge is 0.209 e. The van der Waals surface area contributed by atoms with Gasteiger partial charge in [-0.2, -0.15) is 0 Å². The van der Waals surface area contributed by atoms with Gasteiger partial charge in [0.2, 0.25) is 6.41 Å². The van der Waals surface area contributed by atoms with Crippen LogP contribution in [0.1, 0.15) is 6.42 Å². The highest BCUT2D eigenvalue weighted by molar-refractivity contribution is 5.46. The van der Waals surface area contributed by atoms with Gasteiger partial charge in [0.15, 0.2) is 0 Å². The molecule has 0 saturated heterocycles. The molecule has 0 saturated carbocycles. The van der Waals surface area contributed by atoms with Crippen LogP contribution in [0.2, 0.25) is 0 Å². The molecule has 8 heavy (non-hydrogen) atoms. The van der Waals surface area contributed by atoms with Crippen molar-refractivity contribution in [1.29, 1.82) is 0 Å². The molecule has 0 radical (unpaired) electrons. The lowest BCUT2D eigenvalue weighted by Gasteiger charge is -2.05. The Hall–Kier alpha value is -0.790. The number of hydrogen-bond donors (Lipinski definition) is 0. The van der Waals surface area contributed by atoms with E-state index < -0.39 is 0 Å². The Morgan fingerprint density at radius 2 is 2.38 bits per heavy atom. The molecule has 0 atom stereocenters. The molecule has 0 heterocycles. The first-order valence-corrected chi connectivity index (χ1v) is 2.57. The highest BCUT2D eigenvalue weighted by Crippen LogP contribution is 1.81. The predicted molar refractivity (Wildman–Crippen MR) is 33.5 cm³/mol. The molecule has 0 aromatic carbocycles. The van der Waals surface area contributed by atoms with Crippen molar-refractivity contribution in [2.75, 3.05) is 13.6 Å². The molecule has 0 unspecified atom stereocenters. The molecule has 0 aliphatic carbocycles. The Morgan fingerprint density at radius 1 is 1.75 bits per heavy atom. The van der Waals surface area contributed by atoms with Gasteiger partial charge >= 0.3 is 0 Å². The molecule has 0 rings (SSSR count). The molecule has 0 spiro atoms. The van der Waals surface area contributed by atoms with E-state index in [9.17, 15) is 4.79 Å². The van der Waals surface area contributed by atoms with Crippen molar-refractivity contribution in [1.82, 2.24) is 4.90 Å². The number of carbonyl (C=O) groups is 1. The highest BCUT2D eigenvalue weighted by atomic mass is 16.1. The molecular formula is C6H11NO. The van der Waals surface area contributed by atoms with Crippen molar-refractivity contribution >= 4 is 6.41 Å². The summed E-state index contributed by atoms with van der Waals surface area (Å²) < 4.78 is 0. The van der Waals surface area contributed by atoms with Gasteiger partial charge in [-0.3, -0.25) is 4.79 Å². The van der Waals surface area contributed by atoms with Crippen LogP contribution in [-0.4, -0.2) is 24.9 Å². The van der Waals surface area contributed by atoms with Crippen LogP contribution in [-0.2, 0) is 4.79 Å². The zero-order valence-electron chi connectivity index (χ0n) is 5.13. The van der Waals surface area contributed by atoms with Crippen LogP contribution < -0.4 is 0 Å². The maximum absolute atomic E-state index is 9.90. The molecule has 0 aromatic heterocycles. The van der Waals surface area contributed by atoms with E-state index >= 15 is 0 Å². The summed E-state index contributed by atoms with van der Waals surface area (Å²) in [7, 11) is 1.75. The van der Waals surface area contributed by atoms with E-state index in [1.807, 2.05) is 0 Å². The van der Waals surface area contributed by atoms with Gasteiger partial charge in [0.25, 0.3) is 0 Å². The molecule has 46 valence electrons. The lowest BCUT2D eigenvalue weighted by Crippen LogP contribution is -2.16. The maximum atomic E-state index is 9.90. The summed E-state index contributed by atoms with van der Waals surface area (Å²) in [5.41, 5.74) is 0. The van der Waals surface area contributed by atoms with E-state index in [-0.39, 0.29) is 0 Å². The van der Waals surface area contributed by atoms with E-state index in [1.54, 1.807) is 18.0 Å². The Kier molecular flexibility index (Phi) is 3.94. The van der Waals surface area contributed by atoms with Crippen molar-refractivity contribution in [2.45, 2.75) is 6.42 Å². The maximum Gasteiger partial charge on any atom is 0.209 e. The third-order valence-electron chi connectivity index (χ3n) is 0.866. The Balaban J connectivity index is 3.09. The average Bonchev–Trinajstić information content (AvgIpc) is 1.83. The topological polar surface area (TPSA) is 20.3 Å². The Morgan fingerprint density at radius 3 is 2.75 bits per heavy atom. The minimum absolute atomic E-state index is 0.771. The third-order valence-corrected chi connectivity index (χ3v) is 0.866. The summed E-state index contributed by atoms with van der Waals surface area (Å²) in [5, 5.41) is 0. The van der Waals surface area contributed by atoms with Crippen molar-refractivity contribution in [2.24, 2.45) is 0 Å². The number of nitrogens with zero attached hydrogens (tertiary/aromatic N) is 1. The number of amides is 1. The zero-order valence-corrected chi connectivity index (χ0v) is 5.13. The molecule has 0 N–H and O–H groups in total. The van der Waals surface area contributed by atoms with Gasteiger partial charge in [0.05, 0.1) is 0 Å². The van der Waals surface area contributed by atoms with Gasteiger partial charge in [-0.1, -0.05) is 6.08 Å². The zero-order chi connectivity index (χ0) is 6.41. The molecule has 0 aromatic rings. The SMILES string of the molecule is C=CCCN(C)C=O. The van der Waals surface area contributed by atoms with E-state index in [4.69, 9.17) is 0 Å². The standard InChI is InChI=1S/C6H11NO/c1-3-4-5-7(2)6-8/h3,6H,1,4-5H2,2H3. The first-order chi connectivity index (χ1) is 3.81. The Bertz CT molecular complexity index is 80.6. The summed E-state index contributed by atoms with van der Waals surface area (Å²) in [4.78, 5) is 11.5. The summed E-state index contributed by atoms with van der Waals surface area (Å²) in [6.45, 7) is 4.30. The van der Waals surface area contributed by atoms with Crippen LogP contribution in [0.4, 0.5) is 0 Å². The lowest BCUT2D eigenvalue weighted by molar-refractivity contribution is -0.116. The molecule has 0 fully saturated rings. The van der Waals surface area contributed by atoms with Crippen molar-refractivity contribution in [3.8, 4) is 0 Å². The number of carbonyl (C=O) groups excluding carboxylic acids is 1. The van der Waals surface area contributed by atoms with Crippen molar-refractivity contribution < 1.29 is 4.79 Å². The normalized spacial score (nSPS) is 8.12. The second-order valence-electron chi connectivity index (χ2n) is 1.66. The van der Waals surface area contributed by atoms with E-state index in [0.29, 0.717) is 0 Å². The summed E-state index contributed by atoms with van der Waals surface area (Å²) >= 11 is 0. The van der Waals surface area contributed by atoms with Gasteiger partial charge < -0.3 is 4.90 Å². The largest absolute Gasteiger partial charge is 0.348 e. The minimum Gasteiger partial charge on any atom is -0.348 e. The van der Waals surface area contributed by atoms with Crippen LogP contribution in [0.5, 0.6) is 0 Å². The summed E-state index contributed by atoms with van der Waals surface area (Å²) in [6, 6.07) is 0. The van der Waals surface area contributed by atoms with Gasteiger partial charge in [-0.15, -0.1) is 6.58 Å². The third kappa shape index (κ3) is 3.40. The highest BCUT2D eigenvalue weighted by Gasteiger charge is 1.86. The lowest BCUT2D eigenvalue weighted by atomic mass is 10.4. The van der Waals surface area contributed by atoms with Gasteiger partial charge in [0.1, 0.15) is 0 Å². The molecule has 2 nitrogen and oxygen atoms in total. The molecule has 0 aliphatic rings. The van der Waals surface area contributed by atoms with Crippen LogP contribution in [0, 0.1) is 0 Å². The molecule has 0 aliphatic heterocycles. The van der Waals surface area contributed by atoms with Crippen molar-refractivity contribution in [3.63, 3.8) is 0 Å². The summed E-state index contributed by atoms with van der Waals surface area (Å²) in [6.07, 6.45) is 3.47. The van der Waals surface area contributed by atoms with Crippen LogP contribution in [0.15, 0.2) is 12.7 Å². The quantitative estimate of drug-likeness (QED) is 0.387. The molecule has 1 amide bonds. The summed E-state index contributed by atoms with van der Waals surface area (Å²) in [5.74, 6) is 0. The number of hydrogen-bond acceptors (Lipinski definition) is 1. The van der Waals surface area contributed by atoms with Gasteiger partial charge in [0, 0.05) is 13.6 Å². The van der Waals surface area contributed by atoms with Crippen LogP contribution >= 0.6 is 0 Å². The van der Waals surface area contributed by atoms with E-state index in [1.165, 1.54) is 0 Å². The van der Waals surface area contributed by atoms with Crippen LogP contribution in [0.25, 0.3) is 0 Å². The molecular weight excluding hydrogens is 102 g/mol. The Labute approximate surface area is 49.8 Å². The van der Waals surface area contributed by atoms with Crippen LogP contribution in [0.3, 0.4) is 0 Å². The number of rotatable bonds is 4. The molecule has 0 bridgehead atoms. The fourth-order valence-electron chi connectivity index (χ4n) is 0.348.